The minimum Gasteiger partial charge on any atom is -0.337 e. The van der Waals surface area contributed by atoms with Gasteiger partial charge in [0.15, 0.2) is 0 Å². The van der Waals surface area contributed by atoms with Crippen molar-refractivity contribution in [3.05, 3.63) is 189 Å². The van der Waals surface area contributed by atoms with Gasteiger partial charge >= 0.3 is 0 Å². The summed E-state index contributed by atoms with van der Waals surface area (Å²) in [6.07, 6.45) is 4.69. The van der Waals surface area contributed by atoms with Crippen LogP contribution in [-0.4, -0.2) is 16.5 Å². The van der Waals surface area contributed by atoms with E-state index in [1.54, 1.807) is 0 Å². The lowest BCUT2D eigenvalue weighted by Crippen LogP contribution is -2.19. The first kappa shape index (κ1) is 30.4. The first-order chi connectivity index (χ1) is 23.7. The van der Waals surface area contributed by atoms with Crippen molar-refractivity contribution in [2.75, 3.05) is 16.3 Å². The molecule has 0 radical (unpaired) electrons. The molecular weight excluding hydrogens is 585 g/mol. The fraction of sp³-hybridized carbons (Fsp3) is 0.0455. The molecule has 232 valence electrons. The lowest BCUT2D eigenvalue weighted by molar-refractivity contribution is 1.07. The molecule has 0 aliphatic carbocycles. The first-order valence-electron chi connectivity index (χ1n) is 16.2. The molecular formula is C44H36N4. The average Bonchev–Trinajstić information content (AvgIpc) is 3.15. The number of aromatic nitrogens is 2. The minimum atomic E-state index is 0.675. The summed E-state index contributed by atoms with van der Waals surface area (Å²) >= 11 is 0. The highest BCUT2D eigenvalue weighted by Crippen LogP contribution is 2.39. The SMILES string of the molecule is C=CCc1ccccc1N(CC=C)c1cccc(N(c2ccccc2)c2ccc(-c3nc4ccccc4nc3-c3ccccc3)cc2)c1. The van der Waals surface area contributed by atoms with E-state index in [1.807, 2.05) is 60.7 Å². The maximum absolute atomic E-state index is 5.11. The Morgan fingerprint density at radius 1 is 0.479 bits per heavy atom. The fourth-order valence-electron chi connectivity index (χ4n) is 6.17. The molecule has 6 aromatic carbocycles. The highest BCUT2D eigenvalue weighted by molar-refractivity contribution is 5.87. The summed E-state index contributed by atoms with van der Waals surface area (Å²) in [5.74, 6) is 0. The Kier molecular flexibility index (Phi) is 8.88. The van der Waals surface area contributed by atoms with Crippen LogP contribution in [0.2, 0.25) is 0 Å². The zero-order valence-electron chi connectivity index (χ0n) is 26.8. The molecule has 4 nitrogen and oxygen atoms in total. The third-order valence-corrected chi connectivity index (χ3v) is 8.39. The Labute approximate surface area is 282 Å². The second-order valence-corrected chi connectivity index (χ2v) is 11.5. The summed E-state index contributed by atoms with van der Waals surface area (Å²) in [6.45, 7) is 8.73. The van der Waals surface area contributed by atoms with Crippen LogP contribution in [0.25, 0.3) is 33.5 Å². The molecule has 0 saturated heterocycles. The number of rotatable bonds is 11. The molecule has 0 bridgehead atoms. The van der Waals surface area contributed by atoms with E-state index in [4.69, 9.17) is 9.97 Å². The van der Waals surface area contributed by atoms with Crippen molar-refractivity contribution >= 4 is 39.5 Å². The molecule has 0 aliphatic rings. The van der Waals surface area contributed by atoms with Gasteiger partial charge in [-0.05, 0) is 72.6 Å². The van der Waals surface area contributed by atoms with Crippen molar-refractivity contribution in [1.29, 1.82) is 0 Å². The van der Waals surface area contributed by atoms with Gasteiger partial charge in [0.25, 0.3) is 0 Å². The standard InChI is InChI=1S/C44H36N4/c1-3-16-33-17-11-14-26-42(33)47(31-4-2)38-22-15-23-39(32-38)48(36-20-9-6-10-21-36)37-29-27-35(28-30-37)44-43(34-18-7-5-8-19-34)45-40-24-12-13-25-41(40)46-44/h3-15,17-30,32H,1-2,16,31H2. The van der Waals surface area contributed by atoms with Crippen LogP contribution in [0.4, 0.5) is 28.4 Å². The summed E-state index contributed by atoms with van der Waals surface area (Å²) in [5, 5.41) is 0. The second-order valence-electron chi connectivity index (χ2n) is 11.5. The third-order valence-electron chi connectivity index (χ3n) is 8.39. The van der Waals surface area contributed by atoms with E-state index in [-0.39, 0.29) is 0 Å². The number of nitrogens with zero attached hydrogens (tertiary/aromatic N) is 4. The Morgan fingerprint density at radius 3 is 1.69 bits per heavy atom. The number of para-hydroxylation sites is 4. The van der Waals surface area contributed by atoms with E-state index in [0.29, 0.717) is 6.54 Å². The van der Waals surface area contributed by atoms with E-state index in [1.165, 1.54) is 5.56 Å². The molecule has 0 saturated carbocycles. The lowest BCUT2D eigenvalue weighted by Gasteiger charge is -2.29. The summed E-state index contributed by atoms with van der Waals surface area (Å²) in [7, 11) is 0. The Hall–Kier alpha value is -6.26. The quantitative estimate of drug-likeness (QED) is 0.135. The fourth-order valence-corrected chi connectivity index (χ4v) is 6.17. The van der Waals surface area contributed by atoms with Crippen LogP contribution >= 0.6 is 0 Å². The normalized spacial score (nSPS) is 10.8. The molecule has 0 spiro atoms. The van der Waals surface area contributed by atoms with Gasteiger partial charge < -0.3 is 9.80 Å². The zero-order valence-corrected chi connectivity index (χ0v) is 26.8. The maximum atomic E-state index is 5.11. The smallest absolute Gasteiger partial charge is 0.0973 e. The topological polar surface area (TPSA) is 32.3 Å². The van der Waals surface area contributed by atoms with Crippen LogP contribution in [0.5, 0.6) is 0 Å². The summed E-state index contributed by atoms with van der Waals surface area (Å²) < 4.78 is 0. The third kappa shape index (κ3) is 6.24. The molecule has 0 aliphatic heterocycles. The van der Waals surface area contributed by atoms with Gasteiger partial charge in [0.05, 0.1) is 22.4 Å². The Balaban J connectivity index is 1.32. The molecule has 0 unspecified atom stereocenters. The second kappa shape index (κ2) is 14.0. The molecule has 7 aromatic rings. The van der Waals surface area contributed by atoms with Crippen molar-refractivity contribution in [1.82, 2.24) is 9.97 Å². The average molecular weight is 621 g/mol. The van der Waals surface area contributed by atoms with E-state index >= 15 is 0 Å². The molecule has 48 heavy (non-hydrogen) atoms. The lowest BCUT2D eigenvalue weighted by atomic mass is 10.0. The molecule has 0 N–H and O–H groups in total. The van der Waals surface area contributed by atoms with Crippen LogP contribution in [0.1, 0.15) is 5.56 Å². The van der Waals surface area contributed by atoms with Gasteiger partial charge in [-0.3, -0.25) is 0 Å². The van der Waals surface area contributed by atoms with Crippen molar-refractivity contribution in [3.8, 4) is 22.5 Å². The molecule has 4 heteroatoms. The largest absolute Gasteiger partial charge is 0.337 e. The van der Waals surface area contributed by atoms with E-state index in [9.17, 15) is 0 Å². The highest BCUT2D eigenvalue weighted by atomic mass is 15.2. The van der Waals surface area contributed by atoms with Crippen LogP contribution < -0.4 is 9.80 Å². The van der Waals surface area contributed by atoms with Crippen molar-refractivity contribution in [3.63, 3.8) is 0 Å². The molecule has 7 rings (SSSR count). The first-order valence-corrected chi connectivity index (χ1v) is 16.2. The van der Waals surface area contributed by atoms with Crippen LogP contribution in [-0.2, 0) is 6.42 Å². The predicted molar refractivity (Wildman–Crippen MR) is 203 cm³/mol. The minimum absolute atomic E-state index is 0.675. The van der Waals surface area contributed by atoms with Crippen LogP contribution in [0.15, 0.2) is 183 Å². The number of anilines is 5. The van der Waals surface area contributed by atoms with E-state index in [2.05, 4.69) is 132 Å². The monoisotopic (exact) mass is 620 g/mol. The number of benzene rings is 6. The highest BCUT2D eigenvalue weighted by Gasteiger charge is 2.18. The van der Waals surface area contributed by atoms with Gasteiger partial charge in [-0.25, -0.2) is 9.97 Å². The molecule has 1 aromatic heterocycles. The van der Waals surface area contributed by atoms with Gasteiger partial charge in [-0.2, -0.15) is 0 Å². The Morgan fingerprint density at radius 2 is 1.02 bits per heavy atom. The predicted octanol–water partition coefficient (Wildman–Crippen LogP) is 11.5. The number of hydrogen-bond acceptors (Lipinski definition) is 4. The molecule has 0 atom stereocenters. The zero-order chi connectivity index (χ0) is 32.7. The van der Waals surface area contributed by atoms with Gasteiger partial charge in [0.1, 0.15) is 0 Å². The number of allylic oxidation sites excluding steroid dienone is 1. The van der Waals surface area contributed by atoms with Crippen LogP contribution in [0, 0.1) is 0 Å². The summed E-state index contributed by atoms with van der Waals surface area (Å²) in [6, 6.07) is 54.6. The van der Waals surface area contributed by atoms with Crippen LogP contribution in [0.3, 0.4) is 0 Å². The van der Waals surface area contributed by atoms with Gasteiger partial charge in [0.2, 0.25) is 0 Å². The van der Waals surface area contributed by atoms with Crippen molar-refractivity contribution in [2.24, 2.45) is 0 Å². The van der Waals surface area contributed by atoms with Crippen molar-refractivity contribution in [2.45, 2.75) is 6.42 Å². The Bertz CT molecular complexity index is 2170. The van der Waals surface area contributed by atoms with E-state index < -0.39 is 0 Å². The number of hydrogen-bond donors (Lipinski definition) is 0. The summed E-state index contributed by atoms with van der Waals surface area (Å²) in [4.78, 5) is 14.8. The molecule has 0 fully saturated rings. The van der Waals surface area contributed by atoms with Gasteiger partial charge in [0, 0.05) is 46.1 Å². The van der Waals surface area contributed by atoms with E-state index in [0.717, 1.165) is 68.4 Å². The number of fused-ring (bicyclic) bond motifs is 1. The molecule has 0 amide bonds. The summed E-state index contributed by atoms with van der Waals surface area (Å²) in [5.41, 5.74) is 12.1. The molecule has 1 heterocycles. The maximum Gasteiger partial charge on any atom is 0.0973 e. The van der Waals surface area contributed by atoms with Gasteiger partial charge in [-0.1, -0.05) is 109 Å². The van der Waals surface area contributed by atoms with Gasteiger partial charge in [-0.15, -0.1) is 13.2 Å². The van der Waals surface area contributed by atoms with Crippen molar-refractivity contribution < 1.29 is 0 Å².